The molecule has 0 saturated heterocycles. The highest BCUT2D eigenvalue weighted by Gasteiger charge is 2.02. The van der Waals surface area contributed by atoms with Gasteiger partial charge in [0.15, 0.2) is 5.78 Å². The second kappa shape index (κ2) is 7.04. The van der Waals surface area contributed by atoms with Crippen LogP contribution < -0.4 is 11.5 Å². The van der Waals surface area contributed by atoms with Crippen LogP contribution in [0.3, 0.4) is 0 Å². The number of anilines is 2. The zero-order valence-electron chi connectivity index (χ0n) is 11.6. The Bertz CT molecular complexity index is 567. The van der Waals surface area contributed by atoms with Crippen LogP contribution in [0.2, 0.25) is 0 Å². The van der Waals surface area contributed by atoms with E-state index in [1.165, 1.54) is 6.92 Å². The summed E-state index contributed by atoms with van der Waals surface area (Å²) in [6.45, 7) is 7.14. The molecule has 4 N–H and O–H groups in total. The van der Waals surface area contributed by atoms with Gasteiger partial charge in [0.25, 0.3) is 0 Å². The molecule has 2 aromatic heterocycles. The van der Waals surface area contributed by atoms with E-state index in [-0.39, 0.29) is 5.78 Å². The lowest BCUT2D eigenvalue weighted by Gasteiger charge is -2.00. The summed E-state index contributed by atoms with van der Waals surface area (Å²) in [6.07, 6.45) is 3.23. The number of rotatable bonds is 2. The van der Waals surface area contributed by atoms with Gasteiger partial charge in [-0.3, -0.25) is 4.79 Å². The van der Waals surface area contributed by atoms with E-state index < -0.39 is 0 Å². The first-order valence-electron chi connectivity index (χ1n) is 6.01. The molecule has 104 valence electrons. The predicted molar refractivity (Wildman–Crippen MR) is 82.0 cm³/mol. The molecule has 5 heteroatoms. The average Bonchev–Trinajstić information content (AvgIpc) is 2.40. The zero-order valence-corrected chi connectivity index (χ0v) is 11.6. The van der Waals surface area contributed by atoms with Crippen LogP contribution in [0.1, 0.15) is 29.8 Å². The molecule has 0 atom stereocenters. The summed E-state index contributed by atoms with van der Waals surface area (Å²) in [6, 6.07) is 7.10. The van der Waals surface area contributed by atoms with E-state index >= 15 is 0 Å². The lowest BCUT2D eigenvalue weighted by atomic mass is 10.1. The van der Waals surface area contributed by atoms with E-state index in [9.17, 15) is 4.79 Å². The molecule has 0 spiro atoms. The van der Waals surface area contributed by atoms with Gasteiger partial charge >= 0.3 is 0 Å². The molecular formula is C15H18N4O. The minimum atomic E-state index is -0.0504. The first-order valence-corrected chi connectivity index (χ1v) is 6.01. The van der Waals surface area contributed by atoms with Gasteiger partial charge in [0.2, 0.25) is 0 Å². The molecule has 2 heterocycles. The molecule has 20 heavy (non-hydrogen) atoms. The van der Waals surface area contributed by atoms with E-state index in [4.69, 9.17) is 11.5 Å². The quantitative estimate of drug-likeness (QED) is 0.818. The van der Waals surface area contributed by atoms with E-state index in [1.54, 1.807) is 24.5 Å². The number of pyridine rings is 2. The van der Waals surface area contributed by atoms with Crippen LogP contribution in [-0.4, -0.2) is 15.8 Å². The van der Waals surface area contributed by atoms with Gasteiger partial charge in [-0.2, -0.15) is 0 Å². The lowest BCUT2D eigenvalue weighted by molar-refractivity contribution is 0.101. The monoisotopic (exact) mass is 270 g/mol. The fourth-order valence-electron chi connectivity index (χ4n) is 1.49. The van der Waals surface area contributed by atoms with Crippen LogP contribution in [0.15, 0.2) is 43.2 Å². The van der Waals surface area contributed by atoms with Gasteiger partial charge in [-0.15, -0.1) is 0 Å². The summed E-state index contributed by atoms with van der Waals surface area (Å²) in [5.41, 5.74) is 13.3. The molecule has 0 unspecified atom stereocenters. The van der Waals surface area contributed by atoms with Crippen LogP contribution in [0.4, 0.5) is 11.6 Å². The zero-order chi connectivity index (χ0) is 15.1. The second-order valence-electron chi connectivity index (χ2n) is 4.21. The third-order valence-electron chi connectivity index (χ3n) is 2.52. The number of ketones is 1. The van der Waals surface area contributed by atoms with Gasteiger partial charge < -0.3 is 11.5 Å². The van der Waals surface area contributed by atoms with Gasteiger partial charge in [0.05, 0.1) is 5.56 Å². The summed E-state index contributed by atoms with van der Waals surface area (Å²) < 4.78 is 0. The van der Waals surface area contributed by atoms with Crippen LogP contribution in [-0.2, 0) is 0 Å². The van der Waals surface area contributed by atoms with E-state index in [2.05, 4.69) is 16.5 Å². The number of nitrogen functional groups attached to an aromatic ring is 2. The van der Waals surface area contributed by atoms with Crippen molar-refractivity contribution in [2.24, 2.45) is 0 Å². The summed E-state index contributed by atoms with van der Waals surface area (Å²) >= 11 is 0. The fourth-order valence-corrected chi connectivity index (χ4v) is 1.49. The van der Waals surface area contributed by atoms with Crippen molar-refractivity contribution in [3.8, 4) is 0 Å². The lowest BCUT2D eigenvalue weighted by Crippen LogP contribution is -2.00. The SMILES string of the molecule is C=C(C)c1cccnc1N.CC(=O)c1cccnc1N. The summed E-state index contributed by atoms with van der Waals surface area (Å²) in [4.78, 5) is 18.4. The minimum Gasteiger partial charge on any atom is -0.383 e. The van der Waals surface area contributed by atoms with Gasteiger partial charge in [0, 0.05) is 18.0 Å². The number of aromatic nitrogens is 2. The number of nitrogens with zero attached hydrogens (tertiary/aromatic N) is 2. The van der Waals surface area contributed by atoms with E-state index in [1.807, 2.05) is 19.1 Å². The average molecular weight is 270 g/mol. The molecule has 0 radical (unpaired) electrons. The van der Waals surface area contributed by atoms with Crippen molar-refractivity contribution in [2.75, 3.05) is 11.5 Å². The number of nitrogens with two attached hydrogens (primary N) is 2. The van der Waals surface area contributed by atoms with Gasteiger partial charge in [-0.05, 0) is 43.7 Å². The second-order valence-corrected chi connectivity index (χ2v) is 4.21. The third-order valence-corrected chi connectivity index (χ3v) is 2.52. The third kappa shape index (κ3) is 4.20. The van der Waals surface area contributed by atoms with Crippen LogP contribution in [0.5, 0.6) is 0 Å². The highest BCUT2D eigenvalue weighted by Crippen LogP contribution is 2.15. The van der Waals surface area contributed by atoms with Gasteiger partial charge in [-0.1, -0.05) is 6.58 Å². The number of hydrogen-bond donors (Lipinski definition) is 2. The molecular weight excluding hydrogens is 252 g/mol. The highest BCUT2D eigenvalue weighted by atomic mass is 16.1. The molecule has 0 amide bonds. The van der Waals surface area contributed by atoms with E-state index in [0.29, 0.717) is 17.2 Å². The Labute approximate surface area is 118 Å². The summed E-state index contributed by atoms with van der Waals surface area (Å²) in [5, 5.41) is 0. The Morgan fingerprint density at radius 1 is 1.00 bits per heavy atom. The minimum absolute atomic E-state index is 0.0504. The molecule has 0 saturated carbocycles. The molecule has 0 aliphatic rings. The normalized spacial score (nSPS) is 9.30. The molecule has 0 fully saturated rings. The molecule has 0 aliphatic heterocycles. The molecule has 2 rings (SSSR count). The maximum absolute atomic E-state index is 10.7. The van der Waals surface area contributed by atoms with Crippen molar-refractivity contribution in [2.45, 2.75) is 13.8 Å². The maximum Gasteiger partial charge on any atom is 0.163 e. The van der Waals surface area contributed by atoms with Crippen molar-refractivity contribution >= 4 is 23.0 Å². The van der Waals surface area contributed by atoms with Crippen LogP contribution >= 0.6 is 0 Å². The first kappa shape index (κ1) is 15.4. The number of Topliss-reactive ketones (excluding diaryl/α,β-unsaturated/α-hetero) is 1. The Morgan fingerprint density at radius 2 is 1.45 bits per heavy atom. The number of hydrogen-bond acceptors (Lipinski definition) is 5. The summed E-state index contributed by atoms with van der Waals surface area (Å²) in [5.74, 6) is 0.801. The van der Waals surface area contributed by atoms with Gasteiger partial charge in [-0.25, -0.2) is 9.97 Å². The Kier molecular flexibility index (Phi) is 5.41. The maximum atomic E-state index is 10.7. The van der Waals surface area contributed by atoms with Crippen LogP contribution in [0, 0.1) is 0 Å². The van der Waals surface area contributed by atoms with Crippen molar-refractivity contribution in [1.29, 1.82) is 0 Å². The topological polar surface area (TPSA) is 94.9 Å². The van der Waals surface area contributed by atoms with E-state index in [0.717, 1.165) is 11.1 Å². The largest absolute Gasteiger partial charge is 0.383 e. The highest BCUT2D eigenvalue weighted by molar-refractivity contribution is 5.98. The van der Waals surface area contributed by atoms with Crippen LogP contribution in [0.25, 0.3) is 5.57 Å². The van der Waals surface area contributed by atoms with Crippen molar-refractivity contribution < 1.29 is 4.79 Å². The molecule has 0 bridgehead atoms. The number of carbonyl (C=O) groups is 1. The molecule has 5 nitrogen and oxygen atoms in total. The van der Waals surface area contributed by atoms with Crippen molar-refractivity contribution in [3.63, 3.8) is 0 Å². The van der Waals surface area contributed by atoms with Gasteiger partial charge in [0.1, 0.15) is 11.6 Å². The van der Waals surface area contributed by atoms with Crippen molar-refractivity contribution in [3.05, 3.63) is 54.4 Å². The number of carbonyl (C=O) groups excluding carboxylic acids is 1. The predicted octanol–water partition coefficient (Wildman–Crippen LogP) is 2.56. The summed E-state index contributed by atoms with van der Waals surface area (Å²) in [7, 11) is 0. The Hall–Kier alpha value is -2.69. The standard InChI is InChI=1S/C8H10N2.C7H8N2O/c1-6(2)7-4-3-5-10-8(7)9;1-5(10)6-3-2-4-9-7(6)8/h3-5H,1H2,2H3,(H2,9,10);2-4H,1H3,(H2,8,9). The first-order chi connectivity index (χ1) is 9.43. The molecule has 0 aromatic carbocycles. The molecule has 2 aromatic rings. The smallest absolute Gasteiger partial charge is 0.163 e. The fraction of sp³-hybridized carbons (Fsp3) is 0.133. The van der Waals surface area contributed by atoms with Crippen molar-refractivity contribution in [1.82, 2.24) is 9.97 Å². The Balaban J connectivity index is 0.000000200. The Morgan fingerprint density at radius 3 is 1.70 bits per heavy atom. The molecule has 0 aliphatic carbocycles. The number of allylic oxidation sites excluding steroid dienone is 1.